The van der Waals surface area contributed by atoms with Crippen LogP contribution in [0.1, 0.15) is 58.8 Å². The fraction of sp³-hybridized carbons (Fsp3) is 0.565. The molecule has 1 N–H and O–H groups in total. The predicted octanol–water partition coefficient (Wildman–Crippen LogP) is 4.74. The van der Waals surface area contributed by atoms with Gasteiger partial charge in [0.1, 0.15) is 0 Å². The minimum atomic E-state index is -5.38. The predicted molar refractivity (Wildman–Crippen MR) is 119 cm³/mol. The van der Waals surface area contributed by atoms with Crippen LogP contribution < -0.4 is 4.72 Å². The first-order valence-corrected chi connectivity index (χ1v) is 13.0. The summed E-state index contributed by atoms with van der Waals surface area (Å²) in [6.07, 6.45) is -2.17. The number of hydrogen-bond acceptors (Lipinski definition) is 4. The average Bonchev–Trinajstić information content (AvgIpc) is 2.96. The number of carbonyl (C=O) groups is 2. The van der Waals surface area contributed by atoms with Gasteiger partial charge in [-0.25, -0.2) is 8.42 Å². The monoisotopic (exact) mass is 518 g/mol. The molecule has 4 rings (SSSR count). The molecule has 3 aliphatic rings. The van der Waals surface area contributed by atoms with E-state index in [1.807, 2.05) is 0 Å². The van der Waals surface area contributed by atoms with Crippen molar-refractivity contribution in [2.75, 3.05) is 0 Å². The van der Waals surface area contributed by atoms with Crippen LogP contribution in [0.15, 0.2) is 40.4 Å². The largest absolute Gasteiger partial charge is 0.421 e. The SMILES string of the molecule is CC1(C)CC(=O)C2=C(C1)N(C1CCCCC1)C(=O)[C@]2(NS(=O)(=O)c1ccc(Cl)cc1)C(F)(F)F. The summed E-state index contributed by atoms with van der Waals surface area (Å²) in [5.41, 5.74) is -5.13. The lowest BCUT2D eigenvalue weighted by molar-refractivity contribution is -0.189. The molecule has 0 aromatic heterocycles. The summed E-state index contributed by atoms with van der Waals surface area (Å²) in [6.45, 7) is 3.51. The standard InChI is InChI=1S/C23H26ClF3N2O4S/c1-21(2)12-17-19(18(30)13-21)22(23(25,26)27,20(31)29(17)15-6-4-3-5-7-15)28-34(32,33)16-10-8-14(24)9-11-16/h8-11,15,28H,3-7,12-13H2,1-2H3/t22-/m0/s1. The molecule has 34 heavy (non-hydrogen) atoms. The smallest absolute Gasteiger partial charge is 0.310 e. The number of carbonyl (C=O) groups excluding carboxylic acids is 2. The quantitative estimate of drug-likeness (QED) is 0.624. The number of sulfonamides is 1. The van der Waals surface area contributed by atoms with E-state index in [9.17, 15) is 31.2 Å². The molecule has 0 unspecified atom stereocenters. The first-order valence-electron chi connectivity index (χ1n) is 11.2. The molecular weight excluding hydrogens is 493 g/mol. The minimum Gasteiger partial charge on any atom is -0.310 e. The average molecular weight is 519 g/mol. The Balaban J connectivity index is 1.92. The van der Waals surface area contributed by atoms with E-state index in [1.54, 1.807) is 18.6 Å². The molecular formula is C23H26ClF3N2O4S. The molecule has 1 heterocycles. The van der Waals surface area contributed by atoms with Crippen LogP contribution in [0.25, 0.3) is 0 Å². The molecule has 1 fully saturated rings. The highest BCUT2D eigenvalue weighted by Crippen LogP contribution is 2.53. The van der Waals surface area contributed by atoms with Gasteiger partial charge in [-0.15, -0.1) is 0 Å². The highest BCUT2D eigenvalue weighted by Gasteiger charge is 2.72. The van der Waals surface area contributed by atoms with Gasteiger partial charge in [0.25, 0.3) is 5.91 Å². The molecule has 0 bridgehead atoms. The number of benzene rings is 1. The topological polar surface area (TPSA) is 83.6 Å². The third kappa shape index (κ3) is 4.07. The first-order chi connectivity index (χ1) is 15.7. The summed E-state index contributed by atoms with van der Waals surface area (Å²) in [5.74, 6) is -2.31. The van der Waals surface area contributed by atoms with E-state index in [2.05, 4.69) is 0 Å². The molecule has 6 nitrogen and oxygen atoms in total. The van der Waals surface area contributed by atoms with Gasteiger partial charge in [-0.05, 0) is 48.9 Å². The number of ketones is 1. The zero-order chi connectivity index (χ0) is 25.1. The summed E-state index contributed by atoms with van der Waals surface area (Å²) in [6, 6.07) is 4.03. The summed E-state index contributed by atoms with van der Waals surface area (Å²) in [4.78, 5) is 27.5. The van der Waals surface area contributed by atoms with Crippen LogP contribution in [0, 0.1) is 5.41 Å². The number of rotatable bonds is 4. The minimum absolute atomic E-state index is 0.00530. The molecule has 1 atom stereocenters. The molecule has 2 aliphatic carbocycles. The van der Waals surface area contributed by atoms with Crippen LogP contribution in [0.3, 0.4) is 0 Å². The molecule has 1 amide bonds. The molecule has 186 valence electrons. The molecule has 11 heteroatoms. The van der Waals surface area contributed by atoms with E-state index in [4.69, 9.17) is 11.6 Å². The maximum Gasteiger partial charge on any atom is 0.421 e. The van der Waals surface area contributed by atoms with Crippen molar-refractivity contribution in [3.05, 3.63) is 40.6 Å². The number of nitrogens with zero attached hydrogens (tertiary/aromatic N) is 1. The molecule has 0 radical (unpaired) electrons. The van der Waals surface area contributed by atoms with Crippen molar-refractivity contribution >= 4 is 33.3 Å². The number of nitrogens with one attached hydrogen (secondary N) is 1. The van der Waals surface area contributed by atoms with Gasteiger partial charge in [0, 0.05) is 23.2 Å². The zero-order valence-corrected chi connectivity index (χ0v) is 20.4. The fourth-order valence-corrected chi connectivity index (χ4v) is 6.79. The molecule has 1 aromatic carbocycles. The Morgan fingerprint density at radius 3 is 2.18 bits per heavy atom. The van der Waals surface area contributed by atoms with Crippen molar-refractivity contribution in [1.29, 1.82) is 0 Å². The second-order valence-corrected chi connectivity index (χ2v) is 12.2. The van der Waals surface area contributed by atoms with E-state index in [1.165, 1.54) is 12.1 Å². The van der Waals surface area contributed by atoms with Crippen LogP contribution in [0.5, 0.6) is 0 Å². The first kappa shape index (κ1) is 25.2. The Hall–Kier alpha value is -1.91. The molecule has 1 saturated carbocycles. The number of allylic oxidation sites excluding steroid dienone is 1. The number of halogens is 4. The lowest BCUT2D eigenvalue weighted by Crippen LogP contribution is -2.66. The van der Waals surface area contributed by atoms with Gasteiger partial charge >= 0.3 is 6.18 Å². The summed E-state index contributed by atoms with van der Waals surface area (Å²) < 4.78 is 72.5. The van der Waals surface area contributed by atoms with Gasteiger partial charge in [-0.3, -0.25) is 9.59 Å². The third-order valence-electron chi connectivity index (χ3n) is 6.83. The summed E-state index contributed by atoms with van der Waals surface area (Å²) in [7, 11) is -4.85. The molecule has 1 aliphatic heterocycles. The maximum absolute atomic E-state index is 14.9. The van der Waals surface area contributed by atoms with Gasteiger partial charge in [-0.2, -0.15) is 17.9 Å². The Morgan fingerprint density at radius 2 is 1.62 bits per heavy atom. The molecule has 0 spiro atoms. The van der Waals surface area contributed by atoms with Crippen LogP contribution in [-0.4, -0.2) is 42.8 Å². The lowest BCUT2D eigenvalue weighted by Gasteiger charge is -2.37. The second-order valence-electron chi connectivity index (χ2n) is 10.0. The molecule has 0 saturated heterocycles. The van der Waals surface area contributed by atoms with E-state index in [0.29, 0.717) is 12.8 Å². The Labute approximate surface area is 201 Å². The van der Waals surface area contributed by atoms with Gasteiger partial charge in [-0.1, -0.05) is 44.7 Å². The van der Waals surface area contributed by atoms with Gasteiger partial charge in [0.2, 0.25) is 15.6 Å². The summed E-state index contributed by atoms with van der Waals surface area (Å²) in [5, 5.41) is 0.194. The number of Topliss-reactive ketones (excluding diaryl/α,β-unsaturated/α-hetero) is 1. The third-order valence-corrected chi connectivity index (χ3v) is 8.55. The van der Waals surface area contributed by atoms with E-state index < -0.39 is 55.4 Å². The normalized spacial score (nSPS) is 26.2. The van der Waals surface area contributed by atoms with Gasteiger partial charge < -0.3 is 4.90 Å². The van der Waals surface area contributed by atoms with Crippen molar-refractivity contribution in [2.24, 2.45) is 5.41 Å². The zero-order valence-electron chi connectivity index (χ0n) is 18.8. The highest BCUT2D eigenvalue weighted by molar-refractivity contribution is 7.89. The van der Waals surface area contributed by atoms with E-state index >= 15 is 0 Å². The lowest BCUT2D eigenvalue weighted by atomic mass is 9.72. The van der Waals surface area contributed by atoms with Crippen molar-refractivity contribution in [3.8, 4) is 0 Å². The Morgan fingerprint density at radius 1 is 1.03 bits per heavy atom. The van der Waals surface area contributed by atoms with E-state index in [0.717, 1.165) is 36.3 Å². The van der Waals surface area contributed by atoms with Crippen LogP contribution in [0.4, 0.5) is 13.2 Å². The van der Waals surface area contributed by atoms with Crippen LogP contribution in [-0.2, 0) is 19.6 Å². The Bertz CT molecular complexity index is 1160. The molecule has 1 aromatic rings. The van der Waals surface area contributed by atoms with Crippen LogP contribution in [0.2, 0.25) is 5.02 Å². The van der Waals surface area contributed by atoms with Crippen molar-refractivity contribution in [2.45, 2.75) is 81.4 Å². The van der Waals surface area contributed by atoms with Crippen molar-refractivity contribution < 1.29 is 31.2 Å². The van der Waals surface area contributed by atoms with Gasteiger partial charge in [0.05, 0.1) is 10.5 Å². The number of amides is 1. The van der Waals surface area contributed by atoms with Gasteiger partial charge in [0.15, 0.2) is 5.78 Å². The second kappa shape index (κ2) is 8.34. The van der Waals surface area contributed by atoms with Crippen molar-refractivity contribution in [3.63, 3.8) is 0 Å². The highest BCUT2D eigenvalue weighted by atomic mass is 35.5. The maximum atomic E-state index is 14.9. The van der Waals surface area contributed by atoms with E-state index in [-0.39, 0.29) is 23.6 Å². The fourth-order valence-electron chi connectivity index (χ4n) is 5.34. The number of hydrogen-bond donors (Lipinski definition) is 1. The number of alkyl halides is 3. The van der Waals surface area contributed by atoms with Crippen LogP contribution >= 0.6 is 11.6 Å². The summed E-state index contributed by atoms with van der Waals surface area (Å²) >= 11 is 5.79. The van der Waals surface area contributed by atoms with Crippen molar-refractivity contribution in [1.82, 2.24) is 9.62 Å². The Kier molecular flexibility index (Phi) is 6.18.